The van der Waals surface area contributed by atoms with Crippen LogP contribution in [0.15, 0.2) is 69.0 Å². The molecule has 2 N–H and O–H groups in total. The van der Waals surface area contributed by atoms with Crippen LogP contribution in [0, 0.1) is 6.92 Å². The summed E-state index contributed by atoms with van der Waals surface area (Å²) >= 11 is 4.90. The number of aromatic amines is 1. The van der Waals surface area contributed by atoms with Crippen molar-refractivity contribution >= 4 is 39.8 Å². The number of amides is 1. The van der Waals surface area contributed by atoms with E-state index in [9.17, 15) is 9.59 Å². The Hall–Kier alpha value is -2.58. The highest BCUT2D eigenvalue weighted by Crippen LogP contribution is 2.15. The van der Waals surface area contributed by atoms with Gasteiger partial charge in [-0.05, 0) is 36.8 Å². The molecule has 0 aliphatic carbocycles. The molecule has 1 heterocycles. The molecule has 0 saturated heterocycles. The maximum Gasteiger partial charge on any atom is 0.280 e. The van der Waals surface area contributed by atoms with Crippen LogP contribution in [0.1, 0.15) is 16.8 Å². The number of nitrogens with zero attached hydrogens (tertiary/aromatic N) is 2. The Labute approximate surface area is 175 Å². The van der Waals surface area contributed by atoms with Crippen molar-refractivity contribution in [3.63, 3.8) is 0 Å². The predicted octanol–water partition coefficient (Wildman–Crippen LogP) is 3.62. The number of thioether (sulfide) groups is 1. The molecular weight excluding hydrogens is 440 g/mol. The third-order valence-electron chi connectivity index (χ3n) is 3.93. The number of hydrogen-bond donors (Lipinski definition) is 2. The van der Waals surface area contributed by atoms with Crippen LogP contribution in [0.5, 0.6) is 0 Å². The number of aryl methyl sites for hydroxylation is 1. The summed E-state index contributed by atoms with van der Waals surface area (Å²) < 4.78 is 2.48. The van der Waals surface area contributed by atoms with E-state index in [-0.39, 0.29) is 17.2 Å². The molecule has 3 rings (SSSR count). The van der Waals surface area contributed by atoms with Crippen molar-refractivity contribution in [3.05, 3.63) is 86.2 Å². The number of hydrazone groups is 1. The zero-order valence-corrected chi connectivity index (χ0v) is 17.6. The van der Waals surface area contributed by atoms with Gasteiger partial charge in [-0.25, -0.2) is 10.1 Å². The van der Waals surface area contributed by atoms with Crippen molar-refractivity contribution < 1.29 is 4.79 Å². The Kier molecular flexibility index (Phi) is 6.89. The van der Waals surface area contributed by atoms with Crippen LogP contribution in [-0.4, -0.2) is 27.7 Å². The van der Waals surface area contributed by atoms with Gasteiger partial charge in [0.05, 0.1) is 23.2 Å². The number of benzene rings is 2. The smallest absolute Gasteiger partial charge is 0.280 e. The number of carbonyl (C=O) groups excluding carboxylic acids is 1. The maximum absolute atomic E-state index is 12.5. The lowest BCUT2D eigenvalue weighted by atomic mass is 10.2. The molecule has 3 aromatic rings. The van der Waals surface area contributed by atoms with Gasteiger partial charge in [0.1, 0.15) is 0 Å². The normalized spacial score (nSPS) is 11.1. The molecule has 8 heteroatoms. The average molecular weight is 459 g/mol. The van der Waals surface area contributed by atoms with Gasteiger partial charge in [-0.3, -0.25) is 14.7 Å². The minimum absolute atomic E-state index is 0.213. The van der Waals surface area contributed by atoms with E-state index < -0.39 is 0 Å². The SMILES string of the molecule is Cc1[nH]n(-c2ccccc2)c(=O)c1/C=N\NC(=O)CSCc1ccc(Br)cc1. The maximum atomic E-state index is 12.5. The molecule has 0 fully saturated rings. The minimum atomic E-state index is -0.216. The first-order chi connectivity index (χ1) is 13.5. The van der Waals surface area contributed by atoms with E-state index in [4.69, 9.17) is 0 Å². The number of nitrogens with one attached hydrogen (secondary N) is 2. The average Bonchev–Trinajstić information content (AvgIpc) is 2.98. The Morgan fingerprint density at radius 1 is 1.21 bits per heavy atom. The highest BCUT2D eigenvalue weighted by atomic mass is 79.9. The van der Waals surface area contributed by atoms with E-state index in [1.807, 2.05) is 54.6 Å². The van der Waals surface area contributed by atoms with Crippen molar-refractivity contribution in [3.8, 4) is 5.69 Å². The number of halogens is 1. The first-order valence-corrected chi connectivity index (χ1v) is 10.5. The molecule has 1 aromatic heterocycles. The first kappa shape index (κ1) is 20.2. The topological polar surface area (TPSA) is 79.2 Å². The largest absolute Gasteiger partial charge is 0.295 e. The molecular formula is C20H19BrN4O2S. The summed E-state index contributed by atoms with van der Waals surface area (Å²) in [5.41, 5.74) is 5.23. The standard InChI is InChI=1S/C20H19BrN4O2S/c1-14-18(20(27)25(24-14)17-5-3-2-4-6-17)11-22-23-19(26)13-28-12-15-7-9-16(21)10-8-15/h2-11,24H,12-13H2,1H3,(H,23,26)/b22-11-. The first-order valence-electron chi connectivity index (χ1n) is 8.56. The molecule has 0 radical (unpaired) electrons. The Morgan fingerprint density at radius 2 is 1.93 bits per heavy atom. The van der Waals surface area contributed by atoms with Gasteiger partial charge < -0.3 is 0 Å². The van der Waals surface area contributed by atoms with E-state index in [2.05, 4.69) is 31.6 Å². The molecule has 0 spiro atoms. The van der Waals surface area contributed by atoms with Gasteiger partial charge in [0.15, 0.2) is 0 Å². The lowest BCUT2D eigenvalue weighted by Gasteiger charge is -2.01. The third kappa shape index (κ3) is 5.24. The van der Waals surface area contributed by atoms with Gasteiger partial charge in [0, 0.05) is 15.9 Å². The van der Waals surface area contributed by atoms with Crippen LogP contribution >= 0.6 is 27.7 Å². The van der Waals surface area contributed by atoms with Crippen LogP contribution < -0.4 is 11.0 Å². The van der Waals surface area contributed by atoms with Crippen LogP contribution in [0.25, 0.3) is 5.69 Å². The zero-order chi connectivity index (χ0) is 19.9. The predicted molar refractivity (Wildman–Crippen MR) is 117 cm³/mol. The minimum Gasteiger partial charge on any atom is -0.295 e. The fraction of sp³-hybridized carbons (Fsp3) is 0.150. The Morgan fingerprint density at radius 3 is 2.64 bits per heavy atom. The Bertz CT molecular complexity index is 1030. The fourth-order valence-electron chi connectivity index (χ4n) is 2.51. The van der Waals surface area contributed by atoms with Crippen LogP contribution in [-0.2, 0) is 10.5 Å². The number of H-pyrrole nitrogens is 1. The molecule has 0 unspecified atom stereocenters. The second kappa shape index (κ2) is 9.57. The van der Waals surface area contributed by atoms with Gasteiger partial charge in [0.2, 0.25) is 5.91 Å². The highest BCUT2D eigenvalue weighted by molar-refractivity contribution is 9.10. The van der Waals surface area contributed by atoms with Crippen LogP contribution in [0.2, 0.25) is 0 Å². The molecule has 28 heavy (non-hydrogen) atoms. The molecule has 2 aromatic carbocycles. The summed E-state index contributed by atoms with van der Waals surface area (Å²) in [5, 5.41) is 6.95. The summed E-state index contributed by atoms with van der Waals surface area (Å²) in [7, 11) is 0. The number of hydrogen-bond acceptors (Lipinski definition) is 4. The third-order valence-corrected chi connectivity index (χ3v) is 5.46. The van der Waals surface area contributed by atoms with E-state index in [0.29, 0.717) is 11.3 Å². The monoisotopic (exact) mass is 458 g/mol. The zero-order valence-electron chi connectivity index (χ0n) is 15.2. The second-order valence-corrected chi connectivity index (χ2v) is 7.94. The molecule has 1 amide bonds. The second-order valence-electron chi connectivity index (χ2n) is 6.04. The van der Waals surface area contributed by atoms with E-state index in [1.165, 1.54) is 22.7 Å². The summed E-state index contributed by atoms with van der Waals surface area (Å²) in [5.74, 6) is 0.812. The van der Waals surface area contributed by atoms with Crippen molar-refractivity contribution in [1.29, 1.82) is 0 Å². The molecule has 0 aliphatic rings. The number of aromatic nitrogens is 2. The van der Waals surface area contributed by atoms with Crippen molar-refractivity contribution in [2.24, 2.45) is 5.10 Å². The number of rotatable bonds is 7. The molecule has 0 aliphatic heterocycles. The van der Waals surface area contributed by atoms with Gasteiger partial charge in [0.25, 0.3) is 5.56 Å². The Balaban J connectivity index is 1.54. The molecule has 0 saturated carbocycles. The van der Waals surface area contributed by atoms with Crippen molar-refractivity contribution in [2.45, 2.75) is 12.7 Å². The summed E-state index contributed by atoms with van der Waals surface area (Å²) in [6, 6.07) is 17.3. The lowest BCUT2D eigenvalue weighted by molar-refractivity contribution is -0.118. The fourth-order valence-corrected chi connectivity index (χ4v) is 3.56. The lowest BCUT2D eigenvalue weighted by Crippen LogP contribution is -2.21. The van der Waals surface area contributed by atoms with E-state index in [1.54, 1.807) is 6.92 Å². The van der Waals surface area contributed by atoms with Gasteiger partial charge in [-0.1, -0.05) is 46.3 Å². The van der Waals surface area contributed by atoms with Crippen molar-refractivity contribution in [2.75, 3.05) is 5.75 Å². The number of carbonyl (C=O) groups is 1. The van der Waals surface area contributed by atoms with E-state index >= 15 is 0 Å². The molecule has 0 atom stereocenters. The summed E-state index contributed by atoms with van der Waals surface area (Å²) in [6.45, 7) is 1.79. The van der Waals surface area contributed by atoms with Gasteiger partial charge in [-0.2, -0.15) is 5.10 Å². The molecule has 6 nitrogen and oxygen atoms in total. The quantitative estimate of drug-likeness (QED) is 0.419. The molecule has 144 valence electrons. The van der Waals surface area contributed by atoms with Crippen molar-refractivity contribution in [1.82, 2.24) is 15.2 Å². The summed E-state index contributed by atoms with van der Waals surface area (Å²) in [4.78, 5) is 24.5. The van der Waals surface area contributed by atoms with E-state index in [0.717, 1.165) is 21.5 Å². The van der Waals surface area contributed by atoms with Crippen LogP contribution in [0.4, 0.5) is 0 Å². The van der Waals surface area contributed by atoms with Crippen LogP contribution in [0.3, 0.4) is 0 Å². The van der Waals surface area contributed by atoms with Gasteiger partial charge in [-0.15, -0.1) is 11.8 Å². The molecule has 0 bridgehead atoms. The van der Waals surface area contributed by atoms with Gasteiger partial charge >= 0.3 is 0 Å². The number of para-hydroxylation sites is 1. The highest BCUT2D eigenvalue weighted by Gasteiger charge is 2.10. The summed E-state index contributed by atoms with van der Waals surface area (Å²) in [6.07, 6.45) is 1.38.